The molecule has 0 unspecified atom stereocenters. The Bertz CT molecular complexity index is 578. The smallest absolute Gasteiger partial charge is 0.191 e. The van der Waals surface area contributed by atoms with Crippen LogP contribution in [0.25, 0.3) is 0 Å². The van der Waals surface area contributed by atoms with Crippen LogP contribution < -0.4 is 0 Å². The van der Waals surface area contributed by atoms with Gasteiger partial charge in [-0.15, -0.1) is 0 Å². The van der Waals surface area contributed by atoms with E-state index >= 15 is 0 Å². The predicted octanol–water partition coefficient (Wildman–Crippen LogP) is 8.28. The third-order valence-corrected chi connectivity index (χ3v) is 11.8. The van der Waals surface area contributed by atoms with E-state index in [9.17, 15) is 0 Å². The first-order chi connectivity index (χ1) is 14.3. The van der Waals surface area contributed by atoms with Gasteiger partial charge in [-0.3, -0.25) is 0 Å². The minimum Gasteiger partial charge on any atom is -0.417 e. The molecule has 1 atom stereocenters. The lowest BCUT2D eigenvalue weighted by Crippen LogP contribution is -2.42. The first kappa shape index (κ1) is 28.6. The van der Waals surface area contributed by atoms with Crippen molar-refractivity contribution in [1.82, 2.24) is 0 Å². The predicted molar refractivity (Wildman–Crippen MR) is 137 cm³/mol. The first-order valence-corrected chi connectivity index (χ1v) is 15.4. The molecular weight excluding hydrogens is 400 g/mol. The van der Waals surface area contributed by atoms with Crippen LogP contribution >= 0.6 is 0 Å². The van der Waals surface area contributed by atoms with Gasteiger partial charge in [0.05, 0.1) is 13.2 Å². The Morgan fingerprint density at radius 1 is 1.00 bits per heavy atom. The maximum Gasteiger partial charge on any atom is 0.191 e. The molecule has 1 heterocycles. The molecule has 182 valence electrons. The fourth-order valence-electron chi connectivity index (χ4n) is 3.59. The molecule has 4 heteroatoms. The second-order valence-corrected chi connectivity index (χ2v) is 16.4. The van der Waals surface area contributed by atoms with E-state index < -0.39 is 8.32 Å². The average molecular weight is 453 g/mol. The van der Waals surface area contributed by atoms with Crippen LogP contribution in [0.2, 0.25) is 18.1 Å². The molecule has 1 rings (SSSR count). The highest BCUT2D eigenvalue weighted by Crippen LogP contribution is 2.37. The van der Waals surface area contributed by atoms with Crippen molar-refractivity contribution in [3.8, 4) is 0 Å². The molecule has 0 spiro atoms. The summed E-state index contributed by atoms with van der Waals surface area (Å²) in [7, 11) is -1.66. The number of allylic oxidation sites excluding steroid dienone is 4. The lowest BCUT2D eigenvalue weighted by atomic mass is 9.90. The van der Waals surface area contributed by atoms with E-state index in [1.54, 1.807) is 0 Å². The quantitative estimate of drug-likeness (QED) is 0.208. The molecule has 0 N–H and O–H groups in total. The van der Waals surface area contributed by atoms with Crippen LogP contribution in [0.3, 0.4) is 0 Å². The topological polar surface area (TPSA) is 27.7 Å². The monoisotopic (exact) mass is 452 g/mol. The van der Waals surface area contributed by atoms with Gasteiger partial charge in [-0.1, -0.05) is 57.9 Å². The van der Waals surface area contributed by atoms with Crippen molar-refractivity contribution in [2.45, 2.75) is 118 Å². The van der Waals surface area contributed by atoms with Gasteiger partial charge in [0.2, 0.25) is 0 Å². The molecule has 0 radical (unpaired) electrons. The summed E-state index contributed by atoms with van der Waals surface area (Å²) in [4.78, 5) is 0. The molecule has 0 saturated carbocycles. The van der Waals surface area contributed by atoms with E-state index in [1.807, 2.05) is 0 Å². The molecule has 1 aliphatic heterocycles. The number of ether oxygens (including phenoxy) is 2. The molecule has 1 saturated heterocycles. The summed E-state index contributed by atoms with van der Waals surface area (Å²) in [6, 6.07) is 0. The van der Waals surface area contributed by atoms with Gasteiger partial charge in [-0.05, 0) is 82.8 Å². The molecule has 0 aliphatic carbocycles. The molecule has 0 aromatic carbocycles. The van der Waals surface area contributed by atoms with Crippen molar-refractivity contribution in [3.05, 3.63) is 23.3 Å². The van der Waals surface area contributed by atoms with Gasteiger partial charge in [0.1, 0.15) is 0 Å². The Morgan fingerprint density at radius 3 is 2.10 bits per heavy atom. The van der Waals surface area contributed by atoms with Crippen LogP contribution in [0.4, 0.5) is 0 Å². The van der Waals surface area contributed by atoms with Gasteiger partial charge in [0.15, 0.2) is 14.1 Å². The molecule has 3 nitrogen and oxygen atoms in total. The van der Waals surface area contributed by atoms with Crippen molar-refractivity contribution in [3.63, 3.8) is 0 Å². The van der Waals surface area contributed by atoms with Gasteiger partial charge >= 0.3 is 0 Å². The molecular formula is C27H52O3Si. The van der Waals surface area contributed by atoms with Crippen molar-refractivity contribution >= 4 is 8.32 Å². The SMILES string of the molecule is C/C(=C\CCC1(C)OCCO1)CC/C=C(\C)CC[C@H](CO[Si](C)(C)C(C)(C)C)C(C)C. The van der Waals surface area contributed by atoms with Crippen molar-refractivity contribution in [2.24, 2.45) is 11.8 Å². The van der Waals surface area contributed by atoms with Crippen LogP contribution in [-0.4, -0.2) is 33.9 Å². The van der Waals surface area contributed by atoms with Crippen molar-refractivity contribution in [2.75, 3.05) is 19.8 Å². The van der Waals surface area contributed by atoms with E-state index in [0.29, 0.717) is 11.8 Å². The van der Waals surface area contributed by atoms with E-state index in [4.69, 9.17) is 13.9 Å². The first-order valence-electron chi connectivity index (χ1n) is 12.5. The molecule has 1 aliphatic rings. The zero-order chi connectivity index (χ0) is 23.7. The molecule has 1 fully saturated rings. The van der Waals surface area contributed by atoms with E-state index in [1.165, 1.54) is 24.0 Å². The second kappa shape index (κ2) is 12.7. The normalized spacial score (nSPS) is 19.3. The Hall–Kier alpha value is -0.423. The Kier molecular flexibility index (Phi) is 11.7. The standard InChI is InChI=1S/C27H52O3Si/c1-22(2)25(21-30-31(9,10)26(5,6)7)17-16-24(4)14-11-13-23(3)15-12-18-27(8)28-19-20-29-27/h14-15,22,25H,11-13,16-21H2,1-10H3/b23-15+,24-14+/t25-/m1/s1. The van der Waals surface area contributed by atoms with Crippen LogP contribution in [0.1, 0.15) is 93.9 Å². The fraction of sp³-hybridized carbons (Fsp3) is 0.852. The van der Waals surface area contributed by atoms with Crippen molar-refractivity contribution in [1.29, 1.82) is 0 Å². The highest BCUT2D eigenvalue weighted by Gasteiger charge is 2.37. The summed E-state index contributed by atoms with van der Waals surface area (Å²) in [6.45, 7) is 25.3. The fourth-order valence-corrected chi connectivity index (χ4v) is 4.65. The zero-order valence-corrected chi connectivity index (χ0v) is 23.4. The van der Waals surface area contributed by atoms with E-state index in [2.05, 4.69) is 80.6 Å². The molecule has 0 bridgehead atoms. The molecule has 0 aromatic heterocycles. The molecule has 0 amide bonds. The zero-order valence-electron chi connectivity index (χ0n) is 22.4. The Morgan fingerprint density at radius 2 is 1.55 bits per heavy atom. The van der Waals surface area contributed by atoms with E-state index in [0.717, 1.165) is 45.5 Å². The highest BCUT2D eigenvalue weighted by molar-refractivity contribution is 6.74. The number of hydrogen-bond donors (Lipinski definition) is 0. The minimum absolute atomic E-state index is 0.282. The maximum atomic E-state index is 6.54. The summed E-state index contributed by atoms with van der Waals surface area (Å²) in [6.07, 6.45) is 11.4. The van der Waals surface area contributed by atoms with Crippen molar-refractivity contribution < 1.29 is 13.9 Å². The minimum atomic E-state index is -1.66. The summed E-state index contributed by atoms with van der Waals surface area (Å²) in [5.74, 6) is 0.937. The molecule has 31 heavy (non-hydrogen) atoms. The van der Waals surface area contributed by atoms with Crippen LogP contribution in [0.15, 0.2) is 23.3 Å². The van der Waals surface area contributed by atoms with Crippen LogP contribution in [0.5, 0.6) is 0 Å². The van der Waals surface area contributed by atoms with E-state index in [-0.39, 0.29) is 10.8 Å². The summed E-state index contributed by atoms with van der Waals surface area (Å²) in [5.41, 5.74) is 2.99. The van der Waals surface area contributed by atoms with Crippen LogP contribution in [0, 0.1) is 11.8 Å². The lowest BCUT2D eigenvalue weighted by Gasteiger charge is -2.38. The Labute approximate surface area is 195 Å². The average Bonchev–Trinajstić information content (AvgIpc) is 3.06. The van der Waals surface area contributed by atoms with Gasteiger partial charge in [0, 0.05) is 13.0 Å². The van der Waals surface area contributed by atoms with Crippen LogP contribution in [-0.2, 0) is 13.9 Å². The maximum absolute atomic E-state index is 6.54. The van der Waals surface area contributed by atoms with Gasteiger partial charge in [0.25, 0.3) is 0 Å². The largest absolute Gasteiger partial charge is 0.417 e. The Balaban J connectivity index is 2.37. The third kappa shape index (κ3) is 10.8. The van der Waals surface area contributed by atoms with Gasteiger partial charge in [-0.25, -0.2) is 0 Å². The summed E-state index contributed by atoms with van der Waals surface area (Å²) >= 11 is 0. The second-order valence-electron chi connectivity index (χ2n) is 11.6. The van der Waals surface area contributed by atoms with Gasteiger partial charge in [-0.2, -0.15) is 0 Å². The highest BCUT2D eigenvalue weighted by atomic mass is 28.4. The molecule has 0 aromatic rings. The van der Waals surface area contributed by atoms with Gasteiger partial charge < -0.3 is 13.9 Å². The lowest BCUT2D eigenvalue weighted by molar-refractivity contribution is -0.145. The number of rotatable bonds is 13. The summed E-state index contributed by atoms with van der Waals surface area (Å²) in [5, 5.41) is 0.282. The number of hydrogen-bond acceptors (Lipinski definition) is 3. The third-order valence-electron chi connectivity index (χ3n) is 7.34. The summed E-state index contributed by atoms with van der Waals surface area (Å²) < 4.78 is 17.9.